The van der Waals surface area contributed by atoms with Crippen molar-refractivity contribution in [2.24, 2.45) is 0 Å². The van der Waals surface area contributed by atoms with E-state index in [2.05, 4.69) is 4.44 Å². The fraction of sp³-hybridized carbons (Fsp3) is 1.00. The first-order chi connectivity index (χ1) is 4.63. The van der Waals surface area contributed by atoms with E-state index in [1.165, 1.54) is 6.66 Å². The van der Waals surface area contributed by atoms with E-state index < -0.39 is 15.3 Å². The Hall–Kier alpha value is 0.245. The molecule has 0 aromatic rings. The van der Waals surface area contributed by atoms with E-state index in [9.17, 15) is 12.9 Å². The molecule has 0 fully saturated rings. The van der Waals surface area contributed by atoms with Crippen LogP contribution >= 0.6 is 8.15 Å². The lowest BCUT2D eigenvalue weighted by atomic mass is 10.3. The Labute approximate surface area is 66.2 Å². The lowest BCUT2D eigenvalue weighted by molar-refractivity contribution is 0.309. The third kappa shape index (κ3) is 5.51. The summed E-state index contributed by atoms with van der Waals surface area (Å²) in [6.07, 6.45) is 0. The van der Waals surface area contributed by atoms with Crippen LogP contribution in [-0.4, -0.2) is 19.0 Å². The minimum absolute atomic E-state index is 0.359. The second-order valence-corrected chi connectivity index (χ2v) is 6.29. The van der Waals surface area contributed by atoms with Crippen LogP contribution in [0.25, 0.3) is 0 Å². The SMILES string of the molecule is C[PH+](O[B-](F)(F)F)C(C)(C)C. The topological polar surface area (TPSA) is 9.23 Å². The van der Waals surface area contributed by atoms with Crippen LogP contribution in [-0.2, 0) is 4.44 Å². The van der Waals surface area contributed by atoms with E-state index in [0.717, 1.165) is 0 Å². The van der Waals surface area contributed by atoms with Crippen LogP contribution in [0.4, 0.5) is 12.9 Å². The third-order valence-corrected chi connectivity index (χ3v) is 4.10. The van der Waals surface area contributed by atoms with Gasteiger partial charge in [-0.1, -0.05) is 0 Å². The number of halogens is 3. The average molecular weight is 188 g/mol. The molecule has 0 N–H and O–H groups in total. The standard InChI is InChI=1S/C5H12BF3OP/c1-5(2,3)11(4)10-6(7,8)9/h1-4H3/q-1/p+1. The highest BCUT2D eigenvalue weighted by Crippen LogP contribution is 2.49. The molecule has 0 heterocycles. The van der Waals surface area contributed by atoms with Crippen LogP contribution in [0.1, 0.15) is 20.8 Å². The van der Waals surface area contributed by atoms with Gasteiger partial charge in [-0.15, -0.1) is 0 Å². The third-order valence-electron chi connectivity index (χ3n) is 1.37. The van der Waals surface area contributed by atoms with Gasteiger partial charge in [-0.05, 0) is 20.8 Å². The number of rotatable bonds is 2. The first-order valence-corrected chi connectivity index (χ1v) is 5.25. The molecular weight excluding hydrogens is 175 g/mol. The summed E-state index contributed by atoms with van der Waals surface area (Å²) in [6.45, 7) is 6.79. The minimum Gasteiger partial charge on any atom is -0.420 e. The van der Waals surface area contributed by atoms with E-state index in [1.807, 2.05) is 0 Å². The summed E-state index contributed by atoms with van der Waals surface area (Å²) in [5.41, 5.74) is 0. The van der Waals surface area contributed by atoms with Crippen molar-refractivity contribution in [3.05, 3.63) is 0 Å². The van der Waals surface area contributed by atoms with Gasteiger partial charge in [-0.2, -0.15) is 0 Å². The highest BCUT2D eigenvalue weighted by Gasteiger charge is 2.38. The molecule has 0 radical (unpaired) electrons. The van der Waals surface area contributed by atoms with Gasteiger partial charge in [0.05, 0.1) is 20.0 Å². The van der Waals surface area contributed by atoms with E-state index in [4.69, 9.17) is 0 Å². The van der Waals surface area contributed by atoms with Crippen molar-refractivity contribution in [2.75, 3.05) is 6.66 Å². The Kier molecular flexibility index (Phi) is 3.39. The molecule has 0 saturated heterocycles. The van der Waals surface area contributed by atoms with Gasteiger partial charge in [0.25, 0.3) is 0 Å². The van der Waals surface area contributed by atoms with Crippen molar-refractivity contribution in [2.45, 2.75) is 25.9 Å². The van der Waals surface area contributed by atoms with Gasteiger partial charge in [0.15, 0.2) is 0 Å². The highest BCUT2D eigenvalue weighted by atomic mass is 31.1. The average Bonchev–Trinajstić information content (AvgIpc) is 1.56. The Balaban J connectivity index is 3.99. The molecule has 68 valence electrons. The zero-order valence-electron chi connectivity index (χ0n) is 7.12. The predicted octanol–water partition coefficient (Wildman–Crippen LogP) is 2.90. The summed E-state index contributed by atoms with van der Waals surface area (Å²) in [5.74, 6) is 0. The summed E-state index contributed by atoms with van der Waals surface area (Å²) >= 11 is 0. The van der Waals surface area contributed by atoms with Crippen molar-refractivity contribution < 1.29 is 17.4 Å². The van der Waals surface area contributed by atoms with Crippen LogP contribution in [0.3, 0.4) is 0 Å². The predicted molar refractivity (Wildman–Crippen MR) is 44.2 cm³/mol. The Morgan fingerprint density at radius 3 is 1.64 bits per heavy atom. The van der Waals surface area contributed by atoms with E-state index >= 15 is 0 Å². The lowest BCUT2D eigenvalue weighted by Crippen LogP contribution is -2.23. The van der Waals surface area contributed by atoms with Gasteiger partial charge >= 0.3 is 7.18 Å². The molecule has 0 aliphatic carbocycles. The fourth-order valence-electron chi connectivity index (χ4n) is 0.377. The highest BCUT2D eigenvalue weighted by molar-refractivity contribution is 7.54. The molecule has 0 aromatic carbocycles. The van der Waals surface area contributed by atoms with E-state index in [1.54, 1.807) is 20.8 Å². The minimum atomic E-state index is -5.06. The van der Waals surface area contributed by atoms with Crippen molar-refractivity contribution in [3.8, 4) is 0 Å². The number of hydrogen-bond acceptors (Lipinski definition) is 1. The smallest absolute Gasteiger partial charge is 0.420 e. The maximum Gasteiger partial charge on any atom is 0.671 e. The molecule has 1 atom stereocenters. The van der Waals surface area contributed by atoms with Crippen molar-refractivity contribution in [1.29, 1.82) is 0 Å². The van der Waals surface area contributed by atoms with Crippen molar-refractivity contribution in [3.63, 3.8) is 0 Å². The van der Waals surface area contributed by atoms with Crippen LogP contribution in [0.2, 0.25) is 0 Å². The first-order valence-electron chi connectivity index (χ1n) is 3.34. The molecule has 0 rings (SSSR count). The lowest BCUT2D eigenvalue weighted by Gasteiger charge is -2.25. The summed E-state index contributed by atoms with van der Waals surface area (Å²) in [6, 6.07) is 0. The molecule has 11 heavy (non-hydrogen) atoms. The van der Waals surface area contributed by atoms with Crippen molar-refractivity contribution in [1.82, 2.24) is 0 Å². The number of hydrogen-bond donors (Lipinski definition) is 0. The quantitative estimate of drug-likeness (QED) is 0.478. The van der Waals surface area contributed by atoms with Gasteiger partial charge in [0, 0.05) is 0 Å². The van der Waals surface area contributed by atoms with Crippen LogP contribution in [0.5, 0.6) is 0 Å². The fourth-order valence-corrected chi connectivity index (χ4v) is 1.13. The molecule has 0 saturated carbocycles. The Bertz CT molecular complexity index is 131. The monoisotopic (exact) mass is 188 g/mol. The first kappa shape index (κ1) is 11.2. The van der Waals surface area contributed by atoms with Gasteiger partial charge in [-0.3, -0.25) is 0 Å². The van der Waals surface area contributed by atoms with Gasteiger partial charge in [0.1, 0.15) is 0 Å². The maximum atomic E-state index is 11.7. The summed E-state index contributed by atoms with van der Waals surface area (Å²) in [7, 11) is -6.82. The van der Waals surface area contributed by atoms with Gasteiger partial charge in [0.2, 0.25) is 0 Å². The molecule has 1 unspecified atom stereocenters. The zero-order valence-corrected chi connectivity index (χ0v) is 8.12. The summed E-state index contributed by atoms with van der Waals surface area (Å²) < 4.78 is 39.1. The van der Waals surface area contributed by atoms with Crippen LogP contribution in [0, 0.1) is 0 Å². The second kappa shape index (κ2) is 3.32. The zero-order chi connectivity index (χ0) is 9.28. The van der Waals surface area contributed by atoms with Crippen LogP contribution in [0.15, 0.2) is 0 Å². The Morgan fingerprint density at radius 1 is 1.18 bits per heavy atom. The largest absolute Gasteiger partial charge is 0.671 e. The van der Waals surface area contributed by atoms with E-state index in [-0.39, 0.29) is 5.16 Å². The Morgan fingerprint density at radius 2 is 1.55 bits per heavy atom. The molecule has 1 nitrogen and oxygen atoms in total. The second-order valence-electron chi connectivity index (χ2n) is 3.44. The molecule has 6 heteroatoms. The van der Waals surface area contributed by atoms with Crippen LogP contribution < -0.4 is 0 Å². The molecule has 0 bridgehead atoms. The molecule has 0 spiro atoms. The molecule has 0 amide bonds. The molecule has 0 aliphatic rings. The molecule has 0 aliphatic heterocycles. The van der Waals surface area contributed by atoms with Gasteiger partial charge in [-0.25, -0.2) is 0 Å². The van der Waals surface area contributed by atoms with E-state index in [0.29, 0.717) is 0 Å². The van der Waals surface area contributed by atoms with Gasteiger partial charge < -0.3 is 17.4 Å². The molecular formula is C5H13BF3OP. The maximum absolute atomic E-state index is 11.7. The normalized spacial score (nSPS) is 16.6. The summed E-state index contributed by atoms with van der Waals surface area (Å²) in [4.78, 5) is 0. The molecule has 0 aromatic heterocycles. The summed E-state index contributed by atoms with van der Waals surface area (Å²) in [5, 5.41) is -0.359. The van der Waals surface area contributed by atoms with Crippen molar-refractivity contribution >= 4 is 15.3 Å².